The summed E-state index contributed by atoms with van der Waals surface area (Å²) in [4.78, 5) is 4.34. The van der Waals surface area contributed by atoms with Gasteiger partial charge in [-0.2, -0.15) is 9.40 Å². The minimum atomic E-state index is -3.47. The number of rotatable bonds is 5. The van der Waals surface area contributed by atoms with E-state index in [1.165, 1.54) is 10.6 Å². The van der Waals surface area contributed by atoms with E-state index in [-0.39, 0.29) is 30.0 Å². The number of ether oxygens (including phenoxy) is 1. The van der Waals surface area contributed by atoms with Gasteiger partial charge in [0.05, 0.1) is 4.90 Å². The van der Waals surface area contributed by atoms with Crippen LogP contribution in [0.25, 0.3) is 0 Å². The molecule has 2 aromatic rings. The third kappa shape index (κ3) is 4.49. The summed E-state index contributed by atoms with van der Waals surface area (Å²) in [5.41, 5.74) is 5.83. The third-order valence-electron chi connectivity index (χ3n) is 4.13. The molecule has 25 heavy (non-hydrogen) atoms. The zero-order valence-corrected chi connectivity index (χ0v) is 15.5. The molecule has 1 aromatic heterocycles. The van der Waals surface area contributed by atoms with E-state index >= 15 is 0 Å². The lowest BCUT2D eigenvalue weighted by atomic mass is 10.1. The number of aromatic nitrogens is 3. The Kier molecular flexibility index (Phi) is 6.39. The first-order chi connectivity index (χ1) is 11.5. The Morgan fingerprint density at radius 2 is 1.88 bits per heavy atom. The van der Waals surface area contributed by atoms with E-state index in [0.717, 1.165) is 0 Å². The second-order valence-corrected chi connectivity index (χ2v) is 7.74. The summed E-state index contributed by atoms with van der Waals surface area (Å²) in [5, 5.41) is 3.96. The lowest BCUT2D eigenvalue weighted by molar-refractivity contribution is 0.289. The van der Waals surface area contributed by atoms with Crippen molar-refractivity contribution in [3.8, 4) is 5.75 Å². The molecule has 0 bridgehead atoms. The Balaban J connectivity index is 0.00000225. The highest BCUT2D eigenvalue weighted by Gasteiger charge is 2.28. The predicted molar refractivity (Wildman–Crippen MR) is 95.0 cm³/mol. The SMILES string of the molecule is Cl.Cn1ncnc1COc1ccc(S(=O)(=O)N2CCC(N)CC2)cc1. The molecule has 0 radical (unpaired) electrons. The summed E-state index contributed by atoms with van der Waals surface area (Å²) in [6, 6.07) is 6.52. The monoisotopic (exact) mass is 387 g/mol. The van der Waals surface area contributed by atoms with Crippen molar-refractivity contribution in [2.24, 2.45) is 12.8 Å². The molecule has 0 aliphatic carbocycles. The van der Waals surface area contributed by atoms with Crippen LogP contribution in [0, 0.1) is 0 Å². The van der Waals surface area contributed by atoms with Gasteiger partial charge in [0.25, 0.3) is 0 Å². The maximum absolute atomic E-state index is 12.6. The maximum atomic E-state index is 12.6. The molecule has 0 unspecified atom stereocenters. The minimum absolute atomic E-state index is 0. The molecule has 8 nitrogen and oxygen atoms in total. The highest BCUT2D eigenvalue weighted by molar-refractivity contribution is 7.89. The van der Waals surface area contributed by atoms with Crippen molar-refractivity contribution in [3.63, 3.8) is 0 Å². The maximum Gasteiger partial charge on any atom is 0.243 e. The summed E-state index contributed by atoms with van der Waals surface area (Å²) >= 11 is 0. The summed E-state index contributed by atoms with van der Waals surface area (Å²) < 4.78 is 34.0. The zero-order valence-electron chi connectivity index (χ0n) is 13.9. The number of aryl methyl sites for hydroxylation is 1. The molecule has 1 aliphatic heterocycles. The van der Waals surface area contributed by atoms with Gasteiger partial charge in [-0.25, -0.2) is 13.4 Å². The Hall–Kier alpha value is -1.68. The van der Waals surface area contributed by atoms with Crippen LogP contribution < -0.4 is 10.5 Å². The number of benzene rings is 1. The number of sulfonamides is 1. The van der Waals surface area contributed by atoms with Gasteiger partial charge >= 0.3 is 0 Å². The first-order valence-corrected chi connectivity index (χ1v) is 9.22. The smallest absolute Gasteiger partial charge is 0.243 e. The summed E-state index contributed by atoms with van der Waals surface area (Å²) in [6.07, 6.45) is 2.84. The fraction of sp³-hybridized carbons (Fsp3) is 0.467. The predicted octanol–water partition coefficient (Wildman–Crippen LogP) is 0.928. The number of nitrogens with two attached hydrogens (primary N) is 1. The van der Waals surface area contributed by atoms with E-state index in [9.17, 15) is 8.42 Å². The van der Waals surface area contributed by atoms with Crippen LogP contribution in [0.1, 0.15) is 18.7 Å². The fourth-order valence-electron chi connectivity index (χ4n) is 2.57. The average molecular weight is 388 g/mol. The number of nitrogens with zero attached hydrogens (tertiary/aromatic N) is 4. The highest BCUT2D eigenvalue weighted by Crippen LogP contribution is 2.22. The number of halogens is 1. The first-order valence-electron chi connectivity index (χ1n) is 7.78. The van der Waals surface area contributed by atoms with Crippen LogP contribution in [-0.2, 0) is 23.7 Å². The van der Waals surface area contributed by atoms with Gasteiger partial charge in [-0.15, -0.1) is 12.4 Å². The third-order valence-corrected chi connectivity index (χ3v) is 6.05. The normalized spacial score (nSPS) is 16.4. The van der Waals surface area contributed by atoms with Gasteiger partial charge in [0.1, 0.15) is 18.7 Å². The lowest BCUT2D eigenvalue weighted by Gasteiger charge is -2.29. The summed E-state index contributed by atoms with van der Waals surface area (Å²) in [5.74, 6) is 1.27. The van der Waals surface area contributed by atoms with Crippen molar-refractivity contribution in [1.29, 1.82) is 0 Å². The topological polar surface area (TPSA) is 103 Å². The zero-order chi connectivity index (χ0) is 17.2. The molecule has 0 amide bonds. The van der Waals surface area contributed by atoms with Gasteiger partial charge < -0.3 is 10.5 Å². The van der Waals surface area contributed by atoms with Gasteiger partial charge in [-0.05, 0) is 37.1 Å². The molecule has 1 aromatic carbocycles. The van der Waals surface area contributed by atoms with Gasteiger partial charge in [-0.1, -0.05) is 0 Å². The molecule has 138 valence electrons. The molecule has 1 aliphatic rings. The molecular formula is C15H22ClN5O3S. The molecule has 0 atom stereocenters. The number of piperidine rings is 1. The molecule has 2 N–H and O–H groups in total. The Morgan fingerprint density at radius 3 is 2.44 bits per heavy atom. The molecule has 1 saturated heterocycles. The molecule has 2 heterocycles. The fourth-order valence-corrected chi connectivity index (χ4v) is 4.04. The van der Waals surface area contributed by atoms with E-state index in [0.29, 0.717) is 37.5 Å². The van der Waals surface area contributed by atoms with Gasteiger partial charge in [-0.3, -0.25) is 4.68 Å². The van der Waals surface area contributed by atoms with Crippen LogP contribution in [-0.4, -0.2) is 46.6 Å². The number of hydrogen-bond donors (Lipinski definition) is 1. The van der Waals surface area contributed by atoms with E-state index in [4.69, 9.17) is 10.5 Å². The van der Waals surface area contributed by atoms with Crippen LogP contribution in [0.3, 0.4) is 0 Å². The van der Waals surface area contributed by atoms with E-state index in [1.54, 1.807) is 36.0 Å². The molecular weight excluding hydrogens is 366 g/mol. The molecule has 0 spiro atoms. The second-order valence-electron chi connectivity index (χ2n) is 5.80. The van der Waals surface area contributed by atoms with E-state index in [1.807, 2.05) is 0 Å². The Morgan fingerprint density at radius 1 is 1.24 bits per heavy atom. The molecule has 0 saturated carbocycles. The van der Waals surface area contributed by atoms with Gasteiger partial charge in [0.15, 0.2) is 5.82 Å². The summed E-state index contributed by atoms with van der Waals surface area (Å²) in [7, 11) is -1.69. The van der Waals surface area contributed by atoms with Crippen molar-refractivity contribution in [1.82, 2.24) is 19.1 Å². The largest absolute Gasteiger partial charge is 0.486 e. The molecule has 10 heteroatoms. The van der Waals surface area contributed by atoms with E-state index < -0.39 is 10.0 Å². The Labute approximate surface area is 153 Å². The summed E-state index contributed by atoms with van der Waals surface area (Å²) in [6.45, 7) is 1.20. The Bertz CT molecular complexity index is 786. The van der Waals surface area contributed by atoms with Crippen LogP contribution in [0.2, 0.25) is 0 Å². The highest BCUT2D eigenvalue weighted by atomic mass is 35.5. The first kappa shape index (κ1) is 19.6. The molecule has 1 fully saturated rings. The van der Waals surface area contributed by atoms with Gasteiger partial charge in [0.2, 0.25) is 10.0 Å². The van der Waals surface area contributed by atoms with Crippen molar-refractivity contribution in [2.75, 3.05) is 13.1 Å². The van der Waals surface area contributed by atoms with Gasteiger partial charge in [0, 0.05) is 26.2 Å². The molecule has 3 rings (SSSR count). The van der Waals surface area contributed by atoms with Crippen LogP contribution in [0.5, 0.6) is 5.75 Å². The van der Waals surface area contributed by atoms with Crippen LogP contribution in [0.4, 0.5) is 0 Å². The van der Waals surface area contributed by atoms with Crippen molar-refractivity contribution >= 4 is 22.4 Å². The number of hydrogen-bond acceptors (Lipinski definition) is 6. The van der Waals surface area contributed by atoms with Crippen LogP contribution in [0.15, 0.2) is 35.5 Å². The van der Waals surface area contributed by atoms with Crippen molar-refractivity contribution in [2.45, 2.75) is 30.4 Å². The quantitative estimate of drug-likeness (QED) is 0.818. The van der Waals surface area contributed by atoms with Crippen molar-refractivity contribution in [3.05, 3.63) is 36.4 Å². The van der Waals surface area contributed by atoms with Crippen molar-refractivity contribution < 1.29 is 13.2 Å². The van der Waals surface area contributed by atoms with Crippen LogP contribution >= 0.6 is 12.4 Å². The minimum Gasteiger partial charge on any atom is -0.486 e. The second kappa shape index (κ2) is 8.13. The standard InChI is InChI=1S/C15H21N5O3S.ClH/c1-19-15(17-11-18-19)10-23-13-2-4-14(5-3-13)24(21,22)20-8-6-12(16)7-9-20;/h2-5,11-12H,6-10,16H2,1H3;1H. The lowest BCUT2D eigenvalue weighted by Crippen LogP contribution is -2.42. The average Bonchev–Trinajstić information content (AvgIpc) is 2.99. The van der Waals surface area contributed by atoms with E-state index in [2.05, 4.69) is 10.1 Å².